The van der Waals surface area contributed by atoms with Crippen molar-refractivity contribution in [3.8, 4) is 5.69 Å². The number of anilines is 1. The summed E-state index contributed by atoms with van der Waals surface area (Å²) in [5.41, 5.74) is 2.83. The Hall–Kier alpha value is -3.95. The summed E-state index contributed by atoms with van der Waals surface area (Å²) in [5.74, 6) is -0.703. The number of hydrogen-bond donors (Lipinski definition) is 0. The fourth-order valence-corrected chi connectivity index (χ4v) is 5.38. The summed E-state index contributed by atoms with van der Waals surface area (Å²) in [4.78, 5) is 28.1. The SMILES string of the molecule is Cc1cccc(-n2nccn2)c1C(=O)N1CC2CC(C1)CN(c1cnc3cc(F)c(F)cc3n1)C2. The van der Waals surface area contributed by atoms with Gasteiger partial charge < -0.3 is 9.80 Å². The lowest BCUT2D eigenvalue weighted by Gasteiger charge is -2.46. The first-order valence-electron chi connectivity index (χ1n) is 11.6. The molecule has 2 aromatic carbocycles. The highest BCUT2D eigenvalue weighted by Crippen LogP contribution is 2.33. The molecule has 2 fully saturated rings. The van der Waals surface area contributed by atoms with Crippen molar-refractivity contribution in [2.45, 2.75) is 13.3 Å². The summed E-state index contributed by atoms with van der Waals surface area (Å²) in [5, 5.41) is 8.44. The van der Waals surface area contributed by atoms with Crippen LogP contribution in [0.3, 0.4) is 0 Å². The third-order valence-corrected chi connectivity index (χ3v) is 6.86. The Morgan fingerprint density at radius 2 is 1.66 bits per heavy atom. The van der Waals surface area contributed by atoms with Gasteiger partial charge in [0.15, 0.2) is 11.6 Å². The van der Waals surface area contributed by atoms with Crippen molar-refractivity contribution in [3.05, 3.63) is 71.7 Å². The molecular weight excluding hydrogens is 452 g/mol. The zero-order valence-electron chi connectivity index (χ0n) is 19.1. The number of carbonyl (C=O) groups excluding carboxylic acids is 1. The molecule has 178 valence electrons. The molecule has 0 spiro atoms. The van der Waals surface area contributed by atoms with E-state index in [2.05, 4.69) is 25.1 Å². The Kier molecular flexibility index (Phi) is 5.16. The summed E-state index contributed by atoms with van der Waals surface area (Å²) in [7, 11) is 0. The Balaban J connectivity index is 1.23. The average Bonchev–Trinajstić information content (AvgIpc) is 3.38. The number of fused-ring (bicyclic) bond motifs is 3. The molecule has 2 bridgehead atoms. The monoisotopic (exact) mass is 475 g/mol. The van der Waals surface area contributed by atoms with E-state index in [0.29, 0.717) is 54.3 Å². The molecule has 2 atom stereocenters. The smallest absolute Gasteiger partial charge is 0.256 e. The number of aromatic nitrogens is 5. The third kappa shape index (κ3) is 3.88. The van der Waals surface area contributed by atoms with E-state index in [4.69, 9.17) is 0 Å². The molecule has 4 heterocycles. The standard InChI is InChI=1S/C25H23F2N7O/c1-15-3-2-4-22(34-29-5-6-30-34)24(15)25(35)33-13-16-7-17(14-33)12-32(11-16)23-10-28-20-8-18(26)19(27)9-21(20)31-23/h2-6,8-10,16-17H,7,11-14H2,1H3. The van der Waals surface area contributed by atoms with Crippen LogP contribution < -0.4 is 4.90 Å². The van der Waals surface area contributed by atoms with Crippen molar-refractivity contribution >= 4 is 22.8 Å². The number of benzene rings is 2. The van der Waals surface area contributed by atoms with Crippen LogP contribution >= 0.6 is 0 Å². The molecule has 10 heteroatoms. The van der Waals surface area contributed by atoms with Gasteiger partial charge in [0.1, 0.15) is 5.82 Å². The van der Waals surface area contributed by atoms with Gasteiger partial charge in [0.05, 0.1) is 40.9 Å². The summed E-state index contributed by atoms with van der Waals surface area (Å²) in [6.07, 6.45) is 5.83. The molecule has 0 radical (unpaired) electrons. The Morgan fingerprint density at radius 3 is 2.37 bits per heavy atom. The maximum Gasteiger partial charge on any atom is 0.256 e. The molecule has 6 rings (SSSR count). The fraction of sp³-hybridized carbons (Fsp3) is 0.320. The quantitative estimate of drug-likeness (QED) is 0.452. The van der Waals surface area contributed by atoms with Crippen molar-refractivity contribution in [2.75, 3.05) is 31.1 Å². The number of halogens is 2. The van der Waals surface area contributed by atoms with Crippen molar-refractivity contribution in [1.82, 2.24) is 29.9 Å². The molecule has 0 aliphatic carbocycles. The lowest BCUT2D eigenvalue weighted by atomic mass is 9.84. The highest BCUT2D eigenvalue weighted by Gasteiger charge is 2.37. The molecule has 35 heavy (non-hydrogen) atoms. The van der Waals surface area contributed by atoms with Gasteiger partial charge in [-0.05, 0) is 36.8 Å². The zero-order valence-corrected chi connectivity index (χ0v) is 19.1. The number of carbonyl (C=O) groups is 1. The molecule has 1 amide bonds. The number of aryl methyl sites for hydroxylation is 1. The first kappa shape index (κ1) is 21.6. The van der Waals surface area contributed by atoms with Crippen LogP contribution in [0.5, 0.6) is 0 Å². The summed E-state index contributed by atoms with van der Waals surface area (Å²) in [6, 6.07) is 7.84. The van der Waals surface area contributed by atoms with E-state index in [9.17, 15) is 13.6 Å². The highest BCUT2D eigenvalue weighted by molar-refractivity contribution is 5.99. The highest BCUT2D eigenvalue weighted by atomic mass is 19.2. The molecule has 2 aliphatic heterocycles. The normalized spacial score (nSPS) is 19.9. The Labute approximate surface area is 200 Å². The fourth-order valence-electron chi connectivity index (χ4n) is 5.38. The number of amides is 1. The van der Waals surface area contributed by atoms with E-state index in [1.807, 2.05) is 30.0 Å². The molecule has 2 aliphatic rings. The van der Waals surface area contributed by atoms with Crippen LogP contribution in [0.25, 0.3) is 16.7 Å². The summed E-state index contributed by atoms with van der Waals surface area (Å²) < 4.78 is 27.2. The van der Waals surface area contributed by atoms with Gasteiger partial charge in [-0.25, -0.2) is 13.8 Å². The Bertz CT molecular complexity index is 1410. The first-order chi connectivity index (χ1) is 17.0. The minimum atomic E-state index is -0.936. The maximum atomic E-state index is 13.7. The van der Waals surface area contributed by atoms with Gasteiger partial charge in [-0.15, -0.1) is 0 Å². The number of piperidine rings is 2. The van der Waals surface area contributed by atoms with Crippen molar-refractivity contribution in [2.24, 2.45) is 11.8 Å². The molecule has 2 unspecified atom stereocenters. The van der Waals surface area contributed by atoms with E-state index < -0.39 is 11.6 Å². The van der Waals surface area contributed by atoms with Crippen LogP contribution in [-0.4, -0.2) is 61.9 Å². The molecule has 4 aromatic rings. The lowest BCUT2D eigenvalue weighted by Crippen LogP contribution is -2.54. The van der Waals surface area contributed by atoms with Crippen LogP contribution in [0.2, 0.25) is 0 Å². The number of likely N-dealkylation sites (tertiary alicyclic amines) is 1. The topological polar surface area (TPSA) is 80.0 Å². The van der Waals surface area contributed by atoms with E-state index in [-0.39, 0.29) is 17.7 Å². The maximum absolute atomic E-state index is 13.7. The zero-order chi connectivity index (χ0) is 24.1. The second kappa shape index (κ2) is 8.37. The summed E-state index contributed by atoms with van der Waals surface area (Å²) in [6.45, 7) is 4.62. The van der Waals surface area contributed by atoms with Crippen molar-refractivity contribution < 1.29 is 13.6 Å². The minimum absolute atomic E-state index is 0.0125. The largest absolute Gasteiger partial charge is 0.355 e. The van der Waals surface area contributed by atoms with Crippen LogP contribution in [-0.2, 0) is 0 Å². The van der Waals surface area contributed by atoms with Gasteiger partial charge in [0.25, 0.3) is 5.91 Å². The average molecular weight is 476 g/mol. The predicted molar refractivity (Wildman–Crippen MR) is 125 cm³/mol. The van der Waals surface area contributed by atoms with Crippen LogP contribution in [0, 0.1) is 30.4 Å². The van der Waals surface area contributed by atoms with E-state index in [1.54, 1.807) is 18.6 Å². The van der Waals surface area contributed by atoms with Gasteiger partial charge in [-0.2, -0.15) is 15.0 Å². The van der Waals surface area contributed by atoms with Gasteiger partial charge >= 0.3 is 0 Å². The molecule has 8 nitrogen and oxygen atoms in total. The predicted octanol–water partition coefficient (Wildman–Crippen LogP) is 3.40. The molecule has 2 saturated heterocycles. The van der Waals surface area contributed by atoms with E-state index >= 15 is 0 Å². The third-order valence-electron chi connectivity index (χ3n) is 6.86. The molecule has 0 saturated carbocycles. The summed E-state index contributed by atoms with van der Waals surface area (Å²) >= 11 is 0. The van der Waals surface area contributed by atoms with Crippen LogP contribution in [0.1, 0.15) is 22.3 Å². The van der Waals surface area contributed by atoms with Crippen LogP contribution in [0.4, 0.5) is 14.6 Å². The number of nitrogens with zero attached hydrogens (tertiary/aromatic N) is 7. The van der Waals surface area contributed by atoms with E-state index in [1.165, 1.54) is 4.80 Å². The van der Waals surface area contributed by atoms with Gasteiger partial charge in [0.2, 0.25) is 0 Å². The molecular formula is C25H23F2N7O. The van der Waals surface area contributed by atoms with Crippen molar-refractivity contribution in [1.29, 1.82) is 0 Å². The van der Waals surface area contributed by atoms with Crippen LogP contribution in [0.15, 0.2) is 48.9 Å². The molecule has 0 N–H and O–H groups in total. The first-order valence-corrected chi connectivity index (χ1v) is 11.6. The number of rotatable bonds is 3. The van der Waals surface area contributed by atoms with Crippen molar-refractivity contribution in [3.63, 3.8) is 0 Å². The lowest BCUT2D eigenvalue weighted by molar-refractivity contribution is 0.0563. The molecule has 2 aromatic heterocycles. The second-order valence-electron chi connectivity index (χ2n) is 9.35. The number of hydrogen-bond acceptors (Lipinski definition) is 6. The Morgan fingerprint density at radius 1 is 0.971 bits per heavy atom. The van der Waals surface area contributed by atoms with Gasteiger partial charge in [0, 0.05) is 38.3 Å². The van der Waals surface area contributed by atoms with E-state index in [0.717, 1.165) is 24.1 Å². The minimum Gasteiger partial charge on any atom is -0.355 e. The van der Waals surface area contributed by atoms with Gasteiger partial charge in [-0.1, -0.05) is 12.1 Å². The van der Waals surface area contributed by atoms with Gasteiger partial charge in [-0.3, -0.25) is 9.78 Å². The second-order valence-corrected chi connectivity index (χ2v) is 9.35.